The van der Waals surface area contributed by atoms with Crippen molar-refractivity contribution in [2.24, 2.45) is 0 Å². The molecule has 0 saturated carbocycles. The fraction of sp³-hybridized carbons (Fsp3) is 0.188. The SMILES string of the molecule is Cc1cc(C)c2ccc3c(C)ccnc3c2c1. The largest absolute Gasteiger partial charge is 0.256 e. The minimum absolute atomic E-state index is 1.12. The Morgan fingerprint density at radius 1 is 0.765 bits per heavy atom. The maximum Gasteiger partial charge on any atom is 0.0783 e. The molecule has 0 bridgehead atoms. The highest BCUT2D eigenvalue weighted by atomic mass is 14.6. The van der Waals surface area contributed by atoms with Gasteiger partial charge in [-0.05, 0) is 49.4 Å². The highest BCUT2D eigenvalue weighted by molar-refractivity contribution is 6.07. The van der Waals surface area contributed by atoms with E-state index in [9.17, 15) is 0 Å². The zero-order valence-corrected chi connectivity index (χ0v) is 10.4. The molecule has 17 heavy (non-hydrogen) atoms. The number of aromatic nitrogens is 1. The second kappa shape index (κ2) is 3.56. The first-order valence-corrected chi connectivity index (χ1v) is 5.92. The number of nitrogens with zero attached hydrogens (tertiary/aromatic N) is 1. The van der Waals surface area contributed by atoms with E-state index in [1.54, 1.807) is 0 Å². The predicted molar refractivity (Wildman–Crippen MR) is 73.5 cm³/mol. The van der Waals surface area contributed by atoms with E-state index in [0.29, 0.717) is 0 Å². The van der Waals surface area contributed by atoms with Crippen molar-refractivity contribution >= 4 is 21.7 Å². The van der Waals surface area contributed by atoms with Gasteiger partial charge in [-0.1, -0.05) is 23.8 Å². The summed E-state index contributed by atoms with van der Waals surface area (Å²) in [5.41, 5.74) is 5.03. The number of benzene rings is 2. The number of pyridine rings is 1. The molecule has 0 N–H and O–H groups in total. The molecule has 0 saturated heterocycles. The van der Waals surface area contributed by atoms with Crippen molar-refractivity contribution in [3.63, 3.8) is 0 Å². The molecule has 0 aliphatic heterocycles. The van der Waals surface area contributed by atoms with Gasteiger partial charge in [-0.15, -0.1) is 0 Å². The standard InChI is InChI=1S/C16H15N/c1-10-8-12(3)13-4-5-14-11(2)6-7-17-16(14)15(13)9-10/h4-9H,1-3H3. The van der Waals surface area contributed by atoms with E-state index in [0.717, 1.165) is 5.52 Å². The van der Waals surface area contributed by atoms with Crippen LogP contribution in [0.5, 0.6) is 0 Å². The van der Waals surface area contributed by atoms with Crippen molar-refractivity contribution in [1.82, 2.24) is 4.98 Å². The van der Waals surface area contributed by atoms with E-state index < -0.39 is 0 Å². The molecule has 84 valence electrons. The molecule has 0 fully saturated rings. The lowest BCUT2D eigenvalue weighted by Crippen LogP contribution is -1.87. The van der Waals surface area contributed by atoms with Gasteiger partial charge >= 0.3 is 0 Å². The molecular formula is C16H15N. The lowest BCUT2D eigenvalue weighted by Gasteiger charge is -2.08. The van der Waals surface area contributed by atoms with Crippen LogP contribution in [0.25, 0.3) is 21.7 Å². The zero-order chi connectivity index (χ0) is 12.0. The third-order valence-corrected chi connectivity index (χ3v) is 3.41. The van der Waals surface area contributed by atoms with Gasteiger partial charge in [0.25, 0.3) is 0 Å². The van der Waals surface area contributed by atoms with Crippen LogP contribution < -0.4 is 0 Å². The summed E-state index contributed by atoms with van der Waals surface area (Å²) in [6.07, 6.45) is 1.90. The fourth-order valence-electron chi connectivity index (χ4n) is 2.56. The Kier molecular flexibility index (Phi) is 2.15. The van der Waals surface area contributed by atoms with Gasteiger partial charge in [-0.25, -0.2) is 0 Å². The van der Waals surface area contributed by atoms with Crippen molar-refractivity contribution in [2.75, 3.05) is 0 Å². The normalized spacial score (nSPS) is 11.2. The third kappa shape index (κ3) is 1.50. The predicted octanol–water partition coefficient (Wildman–Crippen LogP) is 4.31. The molecule has 0 amide bonds. The van der Waals surface area contributed by atoms with Gasteiger partial charge in [0.05, 0.1) is 5.52 Å². The van der Waals surface area contributed by atoms with E-state index in [-0.39, 0.29) is 0 Å². The molecule has 1 heterocycles. The number of hydrogen-bond acceptors (Lipinski definition) is 1. The molecule has 0 aliphatic carbocycles. The maximum absolute atomic E-state index is 4.55. The second-order valence-corrected chi connectivity index (χ2v) is 4.77. The quantitative estimate of drug-likeness (QED) is 0.515. The van der Waals surface area contributed by atoms with E-state index in [1.807, 2.05) is 6.20 Å². The van der Waals surface area contributed by atoms with Gasteiger partial charge in [0, 0.05) is 17.0 Å². The van der Waals surface area contributed by atoms with Crippen LogP contribution >= 0.6 is 0 Å². The van der Waals surface area contributed by atoms with Gasteiger partial charge < -0.3 is 0 Å². The fourth-order valence-corrected chi connectivity index (χ4v) is 2.56. The molecule has 0 unspecified atom stereocenters. The number of hydrogen-bond donors (Lipinski definition) is 0. The summed E-state index contributed by atoms with van der Waals surface area (Å²) < 4.78 is 0. The average molecular weight is 221 g/mol. The van der Waals surface area contributed by atoms with Gasteiger partial charge in [0.1, 0.15) is 0 Å². The van der Waals surface area contributed by atoms with E-state index in [2.05, 4.69) is 56.1 Å². The Morgan fingerprint density at radius 3 is 2.35 bits per heavy atom. The summed E-state index contributed by atoms with van der Waals surface area (Å²) in [5, 5.41) is 3.83. The van der Waals surface area contributed by atoms with Crippen LogP contribution in [-0.2, 0) is 0 Å². The summed E-state index contributed by atoms with van der Waals surface area (Å²) >= 11 is 0. The smallest absolute Gasteiger partial charge is 0.0783 e. The van der Waals surface area contributed by atoms with Crippen LogP contribution in [0.1, 0.15) is 16.7 Å². The lowest BCUT2D eigenvalue weighted by atomic mass is 9.98. The van der Waals surface area contributed by atoms with Crippen molar-refractivity contribution < 1.29 is 0 Å². The summed E-state index contributed by atoms with van der Waals surface area (Å²) in [4.78, 5) is 4.55. The summed E-state index contributed by atoms with van der Waals surface area (Å²) in [5.74, 6) is 0. The van der Waals surface area contributed by atoms with Crippen LogP contribution in [0.2, 0.25) is 0 Å². The van der Waals surface area contributed by atoms with Crippen molar-refractivity contribution in [1.29, 1.82) is 0 Å². The van der Waals surface area contributed by atoms with Crippen LogP contribution in [0.15, 0.2) is 36.5 Å². The molecule has 3 rings (SSSR count). The summed E-state index contributed by atoms with van der Waals surface area (Å²) in [6.45, 7) is 6.44. The molecule has 1 aromatic heterocycles. The minimum atomic E-state index is 1.12. The molecular weight excluding hydrogens is 206 g/mol. The highest BCUT2D eigenvalue weighted by Gasteiger charge is 2.05. The Labute approximate surface area is 101 Å². The van der Waals surface area contributed by atoms with Gasteiger partial charge in [0.15, 0.2) is 0 Å². The van der Waals surface area contributed by atoms with Crippen LogP contribution in [-0.4, -0.2) is 4.98 Å². The van der Waals surface area contributed by atoms with E-state index in [1.165, 1.54) is 32.8 Å². The topological polar surface area (TPSA) is 12.9 Å². The minimum Gasteiger partial charge on any atom is -0.256 e. The Bertz CT molecular complexity index is 726. The first-order chi connectivity index (χ1) is 8.16. The molecule has 1 heteroatoms. The molecule has 0 aliphatic rings. The molecule has 1 nitrogen and oxygen atoms in total. The summed E-state index contributed by atoms with van der Waals surface area (Å²) in [7, 11) is 0. The average Bonchev–Trinajstić information content (AvgIpc) is 2.29. The number of aryl methyl sites for hydroxylation is 3. The number of fused-ring (bicyclic) bond motifs is 3. The Morgan fingerprint density at radius 2 is 1.53 bits per heavy atom. The molecule has 0 atom stereocenters. The van der Waals surface area contributed by atoms with Gasteiger partial charge in [0.2, 0.25) is 0 Å². The van der Waals surface area contributed by atoms with Gasteiger partial charge in [-0.3, -0.25) is 4.98 Å². The van der Waals surface area contributed by atoms with Crippen molar-refractivity contribution in [2.45, 2.75) is 20.8 Å². The highest BCUT2D eigenvalue weighted by Crippen LogP contribution is 2.28. The van der Waals surface area contributed by atoms with Gasteiger partial charge in [-0.2, -0.15) is 0 Å². The Balaban J connectivity index is 2.60. The monoisotopic (exact) mass is 221 g/mol. The van der Waals surface area contributed by atoms with Crippen molar-refractivity contribution in [3.05, 3.63) is 53.2 Å². The first-order valence-electron chi connectivity index (χ1n) is 5.92. The molecule has 3 aromatic rings. The molecule has 2 aromatic carbocycles. The molecule has 0 radical (unpaired) electrons. The van der Waals surface area contributed by atoms with Crippen LogP contribution in [0.3, 0.4) is 0 Å². The van der Waals surface area contributed by atoms with E-state index >= 15 is 0 Å². The molecule has 0 spiro atoms. The zero-order valence-electron chi connectivity index (χ0n) is 10.4. The van der Waals surface area contributed by atoms with Crippen LogP contribution in [0.4, 0.5) is 0 Å². The third-order valence-electron chi connectivity index (χ3n) is 3.41. The lowest BCUT2D eigenvalue weighted by molar-refractivity contribution is 1.37. The number of rotatable bonds is 0. The Hall–Kier alpha value is -1.89. The maximum atomic E-state index is 4.55. The summed E-state index contributed by atoms with van der Waals surface area (Å²) in [6, 6.07) is 10.9. The van der Waals surface area contributed by atoms with Crippen molar-refractivity contribution in [3.8, 4) is 0 Å². The van der Waals surface area contributed by atoms with Crippen LogP contribution in [0, 0.1) is 20.8 Å². The first kappa shape index (κ1) is 10.3. The van der Waals surface area contributed by atoms with E-state index in [4.69, 9.17) is 0 Å². The second-order valence-electron chi connectivity index (χ2n) is 4.77.